The summed E-state index contributed by atoms with van der Waals surface area (Å²) in [4.78, 5) is 1.16. The number of methoxy groups -OCH3 is 1. The zero-order valence-electron chi connectivity index (χ0n) is 10.3. The molecule has 2 aromatic carbocycles. The number of ether oxygens (including phenoxy) is 1. The van der Waals surface area contributed by atoms with Crippen molar-refractivity contribution in [3.8, 4) is 5.75 Å². The lowest BCUT2D eigenvalue weighted by molar-refractivity contribution is 0.414. The van der Waals surface area contributed by atoms with Gasteiger partial charge in [0.05, 0.1) is 7.11 Å². The van der Waals surface area contributed by atoms with E-state index in [0.29, 0.717) is 0 Å². The molecule has 0 bridgehead atoms. The molecular formula is C15H12BrClOS. The minimum atomic E-state index is 0.742. The van der Waals surface area contributed by atoms with Crippen molar-refractivity contribution in [2.75, 3.05) is 7.11 Å². The van der Waals surface area contributed by atoms with Gasteiger partial charge in [-0.05, 0) is 63.3 Å². The van der Waals surface area contributed by atoms with Crippen LogP contribution in [0.2, 0.25) is 5.02 Å². The predicted octanol–water partition coefficient (Wildman–Crippen LogP) is 5.83. The summed E-state index contributed by atoms with van der Waals surface area (Å²) in [7, 11) is 1.67. The van der Waals surface area contributed by atoms with Gasteiger partial charge < -0.3 is 4.74 Å². The smallest absolute Gasteiger partial charge is 0.118 e. The number of hydrogen-bond donors (Lipinski definition) is 0. The summed E-state index contributed by atoms with van der Waals surface area (Å²) in [6.07, 6.45) is 0. The number of halogens is 2. The second-order valence-corrected chi connectivity index (χ2v) is 6.00. The van der Waals surface area contributed by atoms with E-state index in [1.807, 2.05) is 48.5 Å². The van der Waals surface area contributed by atoms with E-state index in [1.165, 1.54) is 0 Å². The van der Waals surface area contributed by atoms with Crippen LogP contribution in [0.4, 0.5) is 0 Å². The van der Waals surface area contributed by atoms with Crippen LogP contribution >= 0.6 is 39.3 Å². The van der Waals surface area contributed by atoms with Crippen molar-refractivity contribution in [1.82, 2.24) is 0 Å². The topological polar surface area (TPSA) is 9.23 Å². The summed E-state index contributed by atoms with van der Waals surface area (Å²) in [6, 6.07) is 15.7. The first-order valence-corrected chi connectivity index (χ1v) is 7.66. The van der Waals surface area contributed by atoms with Gasteiger partial charge in [-0.2, -0.15) is 0 Å². The fourth-order valence-electron chi connectivity index (χ4n) is 1.45. The first-order chi connectivity index (χ1) is 9.19. The van der Waals surface area contributed by atoms with Gasteiger partial charge in [-0.15, -0.1) is 0 Å². The molecule has 0 aliphatic rings. The number of hydrogen-bond acceptors (Lipinski definition) is 2. The molecule has 0 aliphatic carbocycles. The Kier molecular flexibility index (Phi) is 5.37. The molecule has 2 aromatic rings. The van der Waals surface area contributed by atoms with Crippen molar-refractivity contribution in [2.24, 2.45) is 0 Å². The van der Waals surface area contributed by atoms with E-state index < -0.39 is 0 Å². The van der Waals surface area contributed by atoms with Crippen LogP contribution < -0.4 is 4.74 Å². The summed E-state index contributed by atoms with van der Waals surface area (Å²) >= 11 is 11.1. The monoisotopic (exact) mass is 354 g/mol. The van der Waals surface area contributed by atoms with Crippen LogP contribution in [-0.2, 0) is 0 Å². The van der Waals surface area contributed by atoms with E-state index in [2.05, 4.69) is 21.3 Å². The molecule has 0 heterocycles. The summed E-state index contributed by atoms with van der Waals surface area (Å²) in [6.45, 7) is 0. The Hall–Kier alpha value is -0.900. The summed E-state index contributed by atoms with van der Waals surface area (Å²) in [5.41, 5.74) is 1.10. The molecule has 0 aromatic heterocycles. The van der Waals surface area contributed by atoms with Crippen LogP contribution in [0.5, 0.6) is 5.75 Å². The fourth-order valence-corrected chi connectivity index (χ4v) is 2.79. The maximum atomic E-state index is 5.87. The molecule has 98 valence electrons. The third-order valence-electron chi connectivity index (χ3n) is 2.48. The highest BCUT2D eigenvalue weighted by molar-refractivity contribution is 9.15. The third-order valence-corrected chi connectivity index (χ3v) is 4.62. The lowest BCUT2D eigenvalue weighted by atomic mass is 10.2. The molecule has 0 unspecified atom stereocenters. The SMILES string of the molecule is COc1ccc(S/C=C(/Br)c2ccc(Cl)cc2)cc1. The van der Waals surface area contributed by atoms with Crippen molar-refractivity contribution < 1.29 is 4.74 Å². The molecule has 1 nitrogen and oxygen atoms in total. The molecule has 0 radical (unpaired) electrons. The third kappa shape index (κ3) is 4.30. The molecule has 2 rings (SSSR count). The van der Waals surface area contributed by atoms with E-state index in [0.717, 1.165) is 25.7 Å². The van der Waals surface area contributed by atoms with Crippen LogP contribution in [0.25, 0.3) is 4.48 Å². The molecule has 4 heteroatoms. The molecule has 0 spiro atoms. The van der Waals surface area contributed by atoms with Gasteiger partial charge in [0.2, 0.25) is 0 Å². The highest BCUT2D eigenvalue weighted by Crippen LogP contribution is 2.30. The highest BCUT2D eigenvalue weighted by Gasteiger charge is 1.99. The van der Waals surface area contributed by atoms with E-state index in [4.69, 9.17) is 16.3 Å². The quantitative estimate of drug-likeness (QED) is 0.638. The van der Waals surface area contributed by atoms with E-state index in [1.54, 1.807) is 18.9 Å². The van der Waals surface area contributed by atoms with Crippen molar-refractivity contribution in [2.45, 2.75) is 4.90 Å². The Bertz CT molecular complexity index is 564. The summed E-state index contributed by atoms with van der Waals surface area (Å²) in [5, 5.41) is 2.80. The largest absolute Gasteiger partial charge is 0.497 e. The van der Waals surface area contributed by atoms with Gasteiger partial charge in [0, 0.05) is 14.4 Å². The van der Waals surface area contributed by atoms with Crippen molar-refractivity contribution >= 4 is 43.8 Å². The molecule has 0 aliphatic heterocycles. The Morgan fingerprint density at radius 1 is 1.11 bits per heavy atom. The van der Waals surface area contributed by atoms with Crippen LogP contribution in [0.1, 0.15) is 5.56 Å². The first kappa shape index (κ1) is 14.5. The first-order valence-electron chi connectivity index (χ1n) is 5.61. The molecule has 0 saturated heterocycles. The Morgan fingerprint density at radius 3 is 2.32 bits per heavy atom. The minimum Gasteiger partial charge on any atom is -0.497 e. The van der Waals surface area contributed by atoms with Crippen LogP contribution in [0.3, 0.4) is 0 Å². The van der Waals surface area contributed by atoms with Gasteiger partial charge >= 0.3 is 0 Å². The number of benzene rings is 2. The highest BCUT2D eigenvalue weighted by atomic mass is 79.9. The molecule has 0 atom stereocenters. The Balaban J connectivity index is 2.06. The van der Waals surface area contributed by atoms with Crippen molar-refractivity contribution in [1.29, 1.82) is 0 Å². The van der Waals surface area contributed by atoms with Gasteiger partial charge in [0.1, 0.15) is 5.75 Å². The van der Waals surface area contributed by atoms with Crippen LogP contribution in [0, 0.1) is 0 Å². The molecule has 0 N–H and O–H groups in total. The predicted molar refractivity (Wildman–Crippen MR) is 87.2 cm³/mol. The van der Waals surface area contributed by atoms with Crippen LogP contribution in [-0.4, -0.2) is 7.11 Å². The van der Waals surface area contributed by atoms with Gasteiger partial charge in [0.15, 0.2) is 0 Å². The molecule has 19 heavy (non-hydrogen) atoms. The zero-order valence-corrected chi connectivity index (χ0v) is 13.4. The normalized spacial score (nSPS) is 11.4. The summed E-state index contributed by atoms with van der Waals surface area (Å²) < 4.78 is 6.16. The summed E-state index contributed by atoms with van der Waals surface area (Å²) in [5.74, 6) is 0.866. The van der Waals surface area contributed by atoms with Crippen LogP contribution in [0.15, 0.2) is 58.8 Å². The van der Waals surface area contributed by atoms with Gasteiger partial charge in [-0.3, -0.25) is 0 Å². The second kappa shape index (κ2) is 7.04. The van der Waals surface area contributed by atoms with Crippen molar-refractivity contribution in [3.63, 3.8) is 0 Å². The molecule has 0 saturated carbocycles. The van der Waals surface area contributed by atoms with E-state index in [-0.39, 0.29) is 0 Å². The average Bonchev–Trinajstić information content (AvgIpc) is 2.46. The fraction of sp³-hybridized carbons (Fsp3) is 0.0667. The molecule has 0 amide bonds. The lowest BCUT2D eigenvalue weighted by Gasteiger charge is -2.02. The molecular weight excluding hydrogens is 344 g/mol. The second-order valence-electron chi connectivity index (χ2n) is 3.77. The molecule has 0 fully saturated rings. The van der Waals surface area contributed by atoms with Gasteiger partial charge in [-0.25, -0.2) is 0 Å². The van der Waals surface area contributed by atoms with Gasteiger partial charge in [0.25, 0.3) is 0 Å². The van der Waals surface area contributed by atoms with E-state index in [9.17, 15) is 0 Å². The lowest BCUT2D eigenvalue weighted by Crippen LogP contribution is -1.80. The zero-order chi connectivity index (χ0) is 13.7. The Labute approximate surface area is 130 Å². The maximum absolute atomic E-state index is 5.87. The average molecular weight is 356 g/mol. The number of rotatable bonds is 4. The van der Waals surface area contributed by atoms with Gasteiger partial charge in [-0.1, -0.05) is 35.5 Å². The number of thioether (sulfide) groups is 1. The van der Waals surface area contributed by atoms with E-state index >= 15 is 0 Å². The maximum Gasteiger partial charge on any atom is 0.118 e. The standard InChI is InChI=1S/C15H12BrClOS/c1-18-13-6-8-14(9-7-13)19-10-15(16)11-2-4-12(17)5-3-11/h2-10H,1H3/b15-10+. The Morgan fingerprint density at radius 2 is 1.74 bits per heavy atom. The minimum absolute atomic E-state index is 0.742. The van der Waals surface area contributed by atoms with Crippen molar-refractivity contribution in [3.05, 3.63) is 64.5 Å².